The zero-order chi connectivity index (χ0) is 14.8. The van der Waals surface area contributed by atoms with Crippen molar-refractivity contribution in [2.24, 2.45) is 11.3 Å². The van der Waals surface area contributed by atoms with Crippen molar-refractivity contribution in [3.8, 4) is 5.75 Å². The van der Waals surface area contributed by atoms with Crippen LogP contribution in [-0.2, 0) is 5.60 Å². The van der Waals surface area contributed by atoms with E-state index in [4.69, 9.17) is 4.74 Å². The molecule has 2 atom stereocenters. The number of methoxy groups -OCH3 is 1. The van der Waals surface area contributed by atoms with Crippen LogP contribution >= 0.6 is 0 Å². The van der Waals surface area contributed by atoms with Gasteiger partial charge >= 0.3 is 0 Å². The van der Waals surface area contributed by atoms with Gasteiger partial charge in [0.15, 0.2) is 0 Å². The van der Waals surface area contributed by atoms with Gasteiger partial charge in [-0.3, -0.25) is 0 Å². The maximum absolute atomic E-state index is 11.0. The summed E-state index contributed by atoms with van der Waals surface area (Å²) in [4.78, 5) is 0. The minimum absolute atomic E-state index is 0.338. The molecule has 1 N–H and O–H groups in total. The number of hydrogen-bond donors (Lipinski definition) is 1. The lowest BCUT2D eigenvalue weighted by Gasteiger charge is -2.31. The monoisotopic (exact) mass is 276 g/mol. The molecule has 0 amide bonds. The van der Waals surface area contributed by atoms with E-state index in [1.165, 1.54) is 6.42 Å². The zero-order valence-corrected chi connectivity index (χ0v) is 13.3. The number of aliphatic hydroxyl groups is 1. The molecule has 1 aliphatic rings. The van der Waals surface area contributed by atoms with Crippen LogP contribution in [0.4, 0.5) is 0 Å². The normalized spacial score (nSPS) is 27.9. The van der Waals surface area contributed by atoms with Crippen molar-refractivity contribution in [2.45, 2.75) is 58.5 Å². The van der Waals surface area contributed by atoms with Crippen molar-refractivity contribution in [3.63, 3.8) is 0 Å². The molecule has 0 heterocycles. The van der Waals surface area contributed by atoms with Crippen LogP contribution in [0, 0.1) is 11.3 Å². The molecule has 1 fully saturated rings. The molecule has 2 rings (SSSR count). The van der Waals surface area contributed by atoms with Gasteiger partial charge in [-0.25, -0.2) is 0 Å². The highest BCUT2D eigenvalue weighted by molar-refractivity contribution is 5.31. The Hall–Kier alpha value is -1.02. The van der Waals surface area contributed by atoms with Gasteiger partial charge < -0.3 is 9.84 Å². The number of ether oxygens (including phenoxy) is 1. The van der Waals surface area contributed by atoms with Crippen LogP contribution in [0.5, 0.6) is 5.75 Å². The fourth-order valence-electron chi connectivity index (χ4n) is 3.38. The summed E-state index contributed by atoms with van der Waals surface area (Å²) < 4.78 is 5.19. The molecule has 1 saturated carbocycles. The average molecular weight is 276 g/mol. The summed E-state index contributed by atoms with van der Waals surface area (Å²) >= 11 is 0. The standard InChI is InChI=1S/C18H28O2/c1-17(2,3)14-6-5-12-18(19,13-11-14)15-7-9-16(20-4)10-8-15/h7-10,14,19H,5-6,11-13H2,1-4H3. The van der Waals surface area contributed by atoms with Gasteiger partial charge in [-0.1, -0.05) is 32.9 Å². The molecule has 112 valence electrons. The Morgan fingerprint density at radius 3 is 2.30 bits per heavy atom. The van der Waals surface area contributed by atoms with E-state index in [0.29, 0.717) is 11.3 Å². The molecule has 2 unspecified atom stereocenters. The van der Waals surface area contributed by atoms with Gasteiger partial charge in [-0.2, -0.15) is 0 Å². The second-order valence-corrected chi connectivity index (χ2v) is 7.25. The third-order valence-electron chi connectivity index (χ3n) is 4.90. The maximum Gasteiger partial charge on any atom is 0.118 e. The third kappa shape index (κ3) is 3.35. The van der Waals surface area contributed by atoms with Gasteiger partial charge in [-0.15, -0.1) is 0 Å². The Balaban J connectivity index is 2.14. The summed E-state index contributed by atoms with van der Waals surface area (Å²) in [6.07, 6.45) is 5.16. The van der Waals surface area contributed by atoms with E-state index >= 15 is 0 Å². The van der Waals surface area contributed by atoms with Crippen LogP contribution in [-0.4, -0.2) is 12.2 Å². The lowest BCUT2D eigenvalue weighted by atomic mass is 9.76. The first-order valence-corrected chi connectivity index (χ1v) is 7.72. The van der Waals surface area contributed by atoms with E-state index in [-0.39, 0.29) is 0 Å². The summed E-state index contributed by atoms with van der Waals surface area (Å²) in [7, 11) is 1.67. The van der Waals surface area contributed by atoms with E-state index in [0.717, 1.165) is 37.0 Å². The molecule has 1 aliphatic carbocycles. The summed E-state index contributed by atoms with van der Waals surface area (Å²) in [5.41, 5.74) is 0.713. The molecule has 0 aromatic heterocycles. The van der Waals surface area contributed by atoms with Crippen LogP contribution in [0.1, 0.15) is 58.4 Å². The molecule has 0 radical (unpaired) electrons. The van der Waals surface area contributed by atoms with Crippen molar-refractivity contribution in [3.05, 3.63) is 29.8 Å². The topological polar surface area (TPSA) is 29.5 Å². The molecule has 1 aromatic rings. The molecule has 0 aliphatic heterocycles. The van der Waals surface area contributed by atoms with E-state index in [1.807, 2.05) is 24.3 Å². The number of rotatable bonds is 2. The first kappa shape index (κ1) is 15.4. The Morgan fingerprint density at radius 1 is 1.10 bits per heavy atom. The average Bonchev–Trinajstić information content (AvgIpc) is 2.61. The fourth-order valence-corrected chi connectivity index (χ4v) is 3.38. The van der Waals surface area contributed by atoms with Crippen LogP contribution in [0.25, 0.3) is 0 Å². The van der Waals surface area contributed by atoms with E-state index in [9.17, 15) is 5.11 Å². The molecule has 20 heavy (non-hydrogen) atoms. The SMILES string of the molecule is COc1ccc(C2(O)CCCC(C(C)(C)C)CC2)cc1. The Kier molecular flexibility index (Phi) is 4.43. The highest BCUT2D eigenvalue weighted by atomic mass is 16.5. The van der Waals surface area contributed by atoms with Gasteiger partial charge in [0.2, 0.25) is 0 Å². The second kappa shape index (κ2) is 5.77. The van der Waals surface area contributed by atoms with Gasteiger partial charge in [-0.05, 0) is 61.1 Å². The predicted molar refractivity (Wildman–Crippen MR) is 82.9 cm³/mol. The van der Waals surface area contributed by atoms with Crippen LogP contribution in [0.2, 0.25) is 0 Å². The fraction of sp³-hybridized carbons (Fsp3) is 0.667. The first-order chi connectivity index (χ1) is 9.35. The lowest BCUT2D eigenvalue weighted by Crippen LogP contribution is -2.25. The largest absolute Gasteiger partial charge is 0.497 e. The number of benzene rings is 1. The quantitative estimate of drug-likeness (QED) is 0.805. The number of hydrogen-bond acceptors (Lipinski definition) is 2. The van der Waals surface area contributed by atoms with Crippen molar-refractivity contribution in [2.75, 3.05) is 7.11 Å². The summed E-state index contributed by atoms with van der Waals surface area (Å²) in [5, 5.41) is 11.0. The van der Waals surface area contributed by atoms with E-state index < -0.39 is 5.60 Å². The minimum Gasteiger partial charge on any atom is -0.497 e. The van der Waals surface area contributed by atoms with Gasteiger partial charge in [0.25, 0.3) is 0 Å². The molecule has 1 aromatic carbocycles. The highest BCUT2D eigenvalue weighted by Gasteiger charge is 2.35. The molecule has 2 heteroatoms. The molecule has 0 bridgehead atoms. The lowest BCUT2D eigenvalue weighted by molar-refractivity contribution is 0.0179. The molecule has 2 nitrogen and oxygen atoms in total. The van der Waals surface area contributed by atoms with Gasteiger partial charge in [0.1, 0.15) is 5.75 Å². The third-order valence-corrected chi connectivity index (χ3v) is 4.90. The zero-order valence-electron chi connectivity index (χ0n) is 13.3. The van der Waals surface area contributed by atoms with E-state index in [1.54, 1.807) is 7.11 Å². The highest BCUT2D eigenvalue weighted by Crippen LogP contribution is 2.43. The van der Waals surface area contributed by atoms with Gasteiger partial charge in [0.05, 0.1) is 12.7 Å². The molecular formula is C18H28O2. The van der Waals surface area contributed by atoms with Crippen LogP contribution in [0.3, 0.4) is 0 Å². The van der Waals surface area contributed by atoms with Crippen LogP contribution in [0.15, 0.2) is 24.3 Å². The smallest absolute Gasteiger partial charge is 0.118 e. The maximum atomic E-state index is 11.0. The van der Waals surface area contributed by atoms with Gasteiger partial charge in [0, 0.05) is 0 Å². The molecule has 0 saturated heterocycles. The Morgan fingerprint density at radius 2 is 1.75 bits per heavy atom. The van der Waals surface area contributed by atoms with Crippen molar-refractivity contribution in [1.29, 1.82) is 0 Å². The summed E-state index contributed by atoms with van der Waals surface area (Å²) in [6.45, 7) is 6.94. The van der Waals surface area contributed by atoms with E-state index in [2.05, 4.69) is 20.8 Å². The van der Waals surface area contributed by atoms with Crippen molar-refractivity contribution < 1.29 is 9.84 Å². The Bertz CT molecular complexity index is 430. The summed E-state index contributed by atoms with van der Waals surface area (Å²) in [5.74, 6) is 1.55. The molecule has 0 spiro atoms. The predicted octanol–water partition coefficient (Wildman–Crippen LogP) is 4.51. The minimum atomic E-state index is -0.660. The Labute approximate surface area is 123 Å². The second-order valence-electron chi connectivity index (χ2n) is 7.25. The first-order valence-electron chi connectivity index (χ1n) is 7.72. The van der Waals surface area contributed by atoms with Crippen LogP contribution < -0.4 is 4.74 Å². The van der Waals surface area contributed by atoms with Crippen molar-refractivity contribution >= 4 is 0 Å². The molecular weight excluding hydrogens is 248 g/mol. The summed E-state index contributed by atoms with van der Waals surface area (Å²) in [6, 6.07) is 7.91. The van der Waals surface area contributed by atoms with Crippen molar-refractivity contribution in [1.82, 2.24) is 0 Å².